The van der Waals surface area contributed by atoms with Crippen LogP contribution in [0.3, 0.4) is 0 Å². The molecule has 146 valence electrons. The van der Waals surface area contributed by atoms with E-state index in [4.69, 9.17) is 4.74 Å². The molecule has 0 aliphatic carbocycles. The number of halogens is 3. The molecule has 8 heteroatoms. The maximum atomic E-state index is 13.3. The van der Waals surface area contributed by atoms with E-state index in [0.717, 1.165) is 6.07 Å². The highest BCUT2D eigenvalue weighted by Crippen LogP contribution is 2.46. The van der Waals surface area contributed by atoms with Crippen LogP contribution in [0, 0.1) is 0 Å². The van der Waals surface area contributed by atoms with Crippen molar-refractivity contribution in [1.82, 2.24) is 4.90 Å². The van der Waals surface area contributed by atoms with Gasteiger partial charge in [-0.05, 0) is 42.3 Å². The minimum Gasteiger partial charge on any atom is -0.497 e. The van der Waals surface area contributed by atoms with Gasteiger partial charge in [0.15, 0.2) is 0 Å². The molecule has 0 aromatic heterocycles. The average Bonchev–Trinajstić information content (AvgIpc) is 3.23. The summed E-state index contributed by atoms with van der Waals surface area (Å²) in [5, 5.41) is 2.80. The molecule has 2 aliphatic rings. The lowest BCUT2D eigenvalue weighted by atomic mass is 9.81. The van der Waals surface area contributed by atoms with Crippen molar-refractivity contribution in [2.75, 3.05) is 25.5 Å². The summed E-state index contributed by atoms with van der Waals surface area (Å²) in [6.45, 7) is 0.207. The monoisotopic (exact) mass is 390 g/mol. The number of carbonyl (C=O) groups excluding carboxylic acids is 2. The van der Waals surface area contributed by atoms with Gasteiger partial charge in [-0.2, -0.15) is 13.2 Å². The van der Waals surface area contributed by atoms with Gasteiger partial charge in [0.2, 0.25) is 5.91 Å². The molecule has 2 heterocycles. The number of nitrogens with one attached hydrogen (secondary N) is 1. The van der Waals surface area contributed by atoms with Crippen molar-refractivity contribution in [3.8, 4) is 5.75 Å². The molecule has 0 bridgehead atoms. The van der Waals surface area contributed by atoms with Crippen molar-refractivity contribution in [3.63, 3.8) is 0 Å². The van der Waals surface area contributed by atoms with Crippen LogP contribution in [0.5, 0.6) is 5.75 Å². The lowest BCUT2D eigenvalue weighted by molar-refractivity contribution is -0.138. The van der Waals surface area contributed by atoms with E-state index in [1.807, 2.05) is 0 Å². The van der Waals surface area contributed by atoms with E-state index < -0.39 is 28.6 Å². The van der Waals surface area contributed by atoms with E-state index in [1.165, 1.54) is 30.2 Å². The van der Waals surface area contributed by atoms with Crippen LogP contribution in [0.15, 0.2) is 42.5 Å². The Morgan fingerprint density at radius 3 is 2.68 bits per heavy atom. The van der Waals surface area contributed by atoms with Crippen molar-refractivity contribution in [2.45, 2.75) is 18.0 Å². The van der Waals surface area contributed by atoms with Gasteiger partial charge in [-0.15, -0.1) is 0 Å². The van der Waals surface area contributed by atoms with E-state index in [-0.39, 0.29) is 19.0 Å². The van der Waals surface area contributed by atoms with Gasteiger partial charge >= 0.3 is 6.18 Å². The third-order valence-electron chi connectivity index (χ3n) is 5.44. The quantitative estimate of drug-likeness (QED) is 0.855. The number of benzene rings is 2. The van der Waals surface area contributed by atoms with Gasteiger partial charge in [0.25, 0.3) is 5.91 Å². The second-order valence-electron chi connectivity index (χ2n) is 6.97. The first-order valence-electron chi connectivity index (χ1n) is 8.72. The smallest absolute Gasteiger partial charge is 0.417 e. The van der Waals surface area contributed by atoms with Crippen molar-refractivity contribution in [1.29, 1.82) is 0 Å². The maximum absolute atomic E-state index is 13.3. The van der Waals surface area contributed by atoms with E-state index in [2.05, 4.69) is 5.32 Å². The molecule has 2 aromatic rings. The molecular formula is C20H17F3N2O3. The summed E-state index contributed by atoms with van der Waals surface area (Å²) in [5.41, 5.74) is -1.02. The third-order valence-corrected chi connectivity index (χ3v) is 5.44. The molecule has 1 N–H and O–H groups in total. The fourth-order valence-corrected chi connectivity index (χ4v) is 3.99. The number of likely N-dealkylation sites (tertiary alicyclic amines) is 1. The number of methoxy groups -OCH3 is 1. The molecule has 28 heavy (non-hydrogen) atoms. The number of nitrogens with zero attached hydrogens (tertiary/aromatic N) is 1. The Morgan fingerprint density at radius 1 is 1.21 bits per heavy atom. The molecule has 1 unspecified atom stereocenters. The highest BCUT2D eigenvalue weighted by Gasteiger charge is 2.52. The second kappa shape index (κ2) is 6.25. The summed E-state index contributed by atoms with van der Waals surface area (Å²) >= 11 is 0. The average molecular weight is 390 g/mol. The molecule has 0 saturated carbocycles. The van der Waals surface area contributed by atoms with Gasteiger partial charge in [-0.3, -0.25) is 9.59 Å². The SMILES string of the molecule is COc1ccc2c(c1)C1(CCN(C(=O)c3ccccc3C(F)(F)F)C1)C(=O)N2. The van der Waals surface area contributed by atoms with Gasteiger partial charge in [0.1, 0.15) is 5.75 Å². The normalized spacial score (nSPS) is 21.0. The Kier molecular flexibility index (Phi) is 4.10. The van der Waals surface area contributed by atoms with Crippen molar-refractivity contribution in [3.05, 3.63) is 59.2 Å². The molecule has 4 rings (SSSR count). The van der Waals surface area contributed by atoms with Crippen molar-refractivity contribution < 1.29 is 27.5 Å². The predicted octanol–water partition coefficient (Wildman–Crippen LogP) is 3.45. The summed E-state index contributed by atoms with van der Waals surface area (Å²) in [4.78, 5) is 26.9. The van der Waals surface area contributed by atoms with Crippen molar-refractivity contribution in [2.24, 2.45) is 0 Å². The molecule has 1 atom stereocenters. The first-order chi connectivity index (χ1) is 13.3. The number of amides is 2. The number of hydrogen-bond donors (Lipinski definition) is 1. The highest BCUT2D eigenvalue weighted by atomic mass is 19.4. The summed E-state index contributed by atoms with van der Waals surface area (Å²) in [6, 6.07) is 9.89. The number of carbonyl (C=O) groups is 2. The molecule has 1 saturated heterocycles. The summed E-state index contributed by atoms with van der Waals surface area (Å²) in [5.74, 6) is -0.411. The molecule has 2 aromatic carbocycles. The van der Waals surface area contributed by atoms with E-state index in [1.54, 1.807) is 18.2 Å². The van der Waals surface area contributed by atoms with Crippen LogP contribution in [-0.2, 0) is 16.4 Å². The zero-order valence-electron chi connectivity index (χ0n) is 15.0. The maximum Gasteiger partial charge on any atom is 0.417 e. The summed E-state index contributed by atoms with van der Waals surface area (Å²) in [7, 11) is 1.51. The lowest BCUT2D eigenvalue weighted by Crippen LogP contribution is -2.39. The van der Waals surface area contributed by atoms with Crippen LogP contribution >= 0.6 is 0 Å². The number of ether oxygens (including phenoxy) is 1. The standard InChI is InChI=1S/C20H17F3N2O3/c1-28-12-6-7-16-15(10-12)19(18(27)24-16)8-9-25(11-19)17(26)13-4-2-3-5-14(13)20(21,22)23/h2-7,10H,8-9,11H2,1H3,(H,24,27). The van der Waals surface area contributed by atoms with Crippen molar-refractivity contribution >= 4 is 17.5 Å². The highest BCUT2D eigenvalue weighted by molar-refractivity contribution is 6.08. The number of hydrogen-bond acceptors (Lipinski definition) is 3. The molecule has 5 nitrogen and oxygen atoms in total. The van der Waals surface area contributed by atoms with Gasteiger partial charge in [-0.25, -0.2) is 0 Å². The van der Waals surface area contributed by atoms with Crippen LogP contribution in [0.4, 0.5) is 18.9 Å². The largest absolute Gasteiger partial charge is 0.497 e. The number of alkyl halides is 3. The molecule has 0 radical (unpaired) electrons. The second-order valence-corrected chi connectivity index (χ2v) is 6.97. The van der Waals surface area contributed by atoms with E-state index in [0.29, 0.717) is 23.4 Å². The van der Waals surface area contributed by atoms with Gasteiger partial charge in [-0.1, -0.05) is 12.1 Å². The molecule has 1 spiro atoms. The number of anilines is 1. The molecule has 2 amide bonds. The predicted molar refractivity (Wildman–Crippen MR) is 95.3 cm³/mol. The van der Waals surface area contributed by atoms with E-state index >= 15 is 0 Å². The van der Waals surface area contributed by atoms with Crippen LogP contribution in [0.25, 0.3) is 0 Å². The number of fused-ring (bicyclic) bond motifs is 2. The van der Waals surface area contributed by atoms with Crippen LogP contribution in [0.1, 0.15) is 27.9 Å². The lowest BCUT2D eigenvalue weighted by Gasteiger charge is -2.23. The topological polar surface area (TPSA) is 58.6 Å². The van der Waals surface area contributed by atoms with Gasteiger partial charge in [0, 0.05) is 18.8 Å². The first kappa shape index (κ1) is 18.3. The molecular weight excluding hydrogens is 373 g/mol. The van der Waals surface area contributed by atoms with Gasteiger partial charge in [0.05, 0.1) is 23.7 Å². The Labute approximate surface area is 159 Å². The molecule has 1 fully saturated rings. The zero-order valence-corrected chi connectivity index (χ0v) is 15.0. The Morgan fingerprint density at radius 2 is 1.96 bits per heavy atom. The van der Waals surface area contributed by atoms with Crippen LogP contribution < -0.4 is 10.1 Å². The fourth-order valence-electron chi connectivity index (χ4n) is 3.99. The minimum atomic E-state index is -4.63. The fraction of sp³-hybridized carbons (Fsp3) is 0.300. The molecule has 2 aliphatic heterocycles. The Bertz CT molecular complexity index is 973. The summed E-state index contributed by atoms with van der Waals surface area (Å²) < 4.78 is 45.1. The minimum absolute atomic E-state index is 0.0179. The van der Waals surface area contributed by atoms with Crippen LogP contribution in [-0.4, -0.2) is 36.9 Å². The van der Waals surface area contributed by atoms with E-state index in [9.17, 15) is 22.8 Å². The van der Waals surface area contributed by atoms with Crippen LogP contribution in [0.2, 0.25) is 0 Å². The Balaban J connectivity index is 1.68. The Hall–Kier alpha value is -3.03. The zero-order chi connectivity index (χ0) is 20.1. The number of rotatable bonds is 2. The third kappa shape index (κ3) is 2.71. The summed E-state index contributed by atoms with van der Waals surface area (Å²) in [6.07, 6.45) is -4.30. The van der Waals surface area contributed by atoms with Gasteiger partial charge < -0.3 is 15.0 Å². The first-order valence-corrected chi connectivity index (χ1v) is 8.72.